The van der Waals surface area contributed by atoms with E-state index in [1.54, 1.807) is 0 Å². The molecule has 0 fully saturated rings. The Labute approximate surface area is 97.7 Å². The number of anilines is 1. The van der Waals surface area contributed by atoms with E-state index in [9.17, 15) is 14.9 Å². The van der Waals surface area contributed by atoms with Crippen LogP contribution in [-0.2, 0) is 4.79 Å². The number of nitro groups is 1. The van der Waals surface area contributed by atoms with Gasteiger partial charge in [-0.2, -0.15) is 0 Å². The predicted molar refractivity (Wildman–Crippen MR) is 61.0 cm³/mol. The molecule has 6 heteroatoms. The van der Waals surface area contributed by atoms with Crippen LogP contribution in [0.5, 0.6) is 5.75 Å². The molecule has 0 bridgehead atoms. The van der Waals surface area contributed by atoms with E-state index in [0.717, 1.165) is 0 Å². The first-order chi connectivity index (χ1) is 7.99. The highest BCUT2D eigenvalue weighted by Gasteiger charge is 2.30. The number of amides is 1. The van der Waals surface area contributed by atoms with Crippen molar-refractivity contribution in [2.24, 2.45) is 5.92 Å². The molecule has 90 valence electrons. The van der Waals surface area contributed by atoms with Crippen LogP contribution in [-0.4, -0.2) is 16.9 Å². The monoisotopic (exact) mass is 236 g/mol. The minimum Gasteiger partial charge on any atom is -0.478 e. The molecule has 1 aromatic carbocycles. The first kappa shape index (κ1) is 11.4. The Kier molecular flexibility index (Phi) is 2.71. The van der Waals surface area contributed by atoms with Gasteiger partial charge in [0.2, 0.25) is 0 Å². The smallest absolute Gasteiger partial charge is 0.271 e. The van der Waals surface area contributed by atoms with Crippen LogP contribution in [0, 0.1) is 16.0 Å². The molecule has 17 heavy (non-hydrogen) atoms. The van der Waals surface area contributed by atoms with Gasteiger partial charge in [0.15, 0.2) is 6.10 Å². The van der Waals surface area contributed by atoms with Crippen molar-refractivity contribution in [1.29, 1.82) is 0 Å². The molecule has 1 N–H and O–H groups in total. The van der Waals surface area contributed by atoms with Gasteiger partial charge in [0.05, 0.1) is 10.6 Å². The zero-order valence-electron chi connectivity index (χ0n) is 9.47. The van der Waals surface area contributed by atoms with E-state index >= 15 is 0 Å². The summed E-state index contributed by atoms with van der Waals surface area (Å²) < 4.78 is 5.51. The van der Waals surface area contributed by atoms with Gasteiger partial charge in [0.25, 0.3) is 11.6 Å². The maximum absolute atomic E-state index is 11.7. The van der Waals surface area contributed by atoms with E-state index in [1.807, 2.05) is 13.8 Å². The number of nitrogens with one attached hydrogen (secondary N) is 1. The molecule has 0 saturated carbocycles. The lowest BCUT2D eigenvalue weighted by Crippen LogP contribution is -2.40. The van der Waals surface area contributed by atoms with Crippen molar-refractivity contribution in [3.8, 4) is 5.75 Å². The molecule has 1 heterocycles. The highest BCUT2D eigenvalue weighted by Crippen LogP contribution is 2.34. The van der Waals surface area contributed by atoms with Crippen LogP contribution in [0.2, 0.25) is 0 Å². The van der Waals surface area contributed by atoms with Crippen molar-refractivity contribution < 1.29 is 14.5 Å². The van der Waals surface area contributed by atoms with Crippen LogP contribution in [0.3, 0.4) is 0 Å². The molecule has 0 aromatic heterocycles. The number of carbonyl (C=O) groups is 1. The molecular formula is C11H12N2O4. The Balaban J connectivity index is 2.35. The number of hydrogen-bond donors (Lipinski definition) is 1. The van der Waals surface area contributed by atoms with Crippen molar-refractivity contribution in [2.75, 3.05) is 5.32 Å². The summed E-state index contributed by atoms with van der Waals surface area (Å²) in [7, 11) is 0. The molecule has 0 unspecified atom stereocenters. The van der Waals surface area contributed by atoms with Gasteiger partial charge in [0.1, 0.15) is 5.75 Å². The molecule has 0 aliphatic carbocycles. The van der Waals surface area contributed by atoms with E-state index in [-0.39, 0.29) is 17.5 Å². The summed E-state index contributed by atoms with van der Waals surface area (Å²) in [6, 6.07) is 4.15. The molecule has 1 aliphatic heterocycles. The molecule has 1 aromatic rings. The summed E-state index contributed by atoms with van der Waals surface area (Å²) in [6.07, 6.45) is -0.552. The van der Waals surface area contributed by atoms with E-state index < -0.39 is 11.0 Å². The first-order valence-electron chi connectivity index (χ1n) is 5.25. The van der Waals surface area contributed by atoms with Gasteiger partial charge in [-0.15, -0.1) is 0 Å². The van der Waals surface area contributed by atoms with Gasteiger partial charge in [-0.25, -0.2) is 0 Å². The highest BCUT2D eigenvalue weighted by atomic mass is 16.6. The third-order valence-corrected chi connectivity index (χ3v) is 2.55. The Hall–Kier alpha value is -2.11. The van der Waals surface area contributed by atoms with Crippen molar-refractivity contribution in [1.82, 2.24) is 0 Å². The molecule has 1 amide bonds. The minimum absolute atomic E-state index is 0.0401. The molecule has 1 atom stereocenters. The van der Waals surface area contributed by atoms with Gasteiger partial charge < -0.3 is 10.1 Å². The average Bonchev–Trinajstić information content (AvgIpc) is 2.26. The average molecular weight is 236 g/mol. The molecule has 0 spiro atoms. The maximum atomic E-state index is 11.7. The Morgan fingerprint density at radius 3 is 2.76 bits per heavy atom. The standard InChI is InChI=1S/C11H12N2O4/c1-6(2)10-11(14)12-8-5-7(13(15)16)3-4-9(8)17-10/h3-6,10H,1-2H3,(H,12,14)/t10-/m0/s1. The number of fused-ring (bicyclic) bond motifs is 1. The van der Waals surface area contributed by atoms with Gasteiger partial charge >= 0.3 is 0 Å². The van der Waals surface area contributed by atoms with Crippen molar-refractivity contribution in [3.05, 3.63) is 28.3 Å². The molecule has 6 nitrogen and oxygen atoms in total. The molecule has 2 rings (SSSR count). The number of rotatable bonds is 2. The van der Waals surface area contributed by atoms with E-state index in [0.29, 0.717) is 11.4 Å². The van der Waals surface area contributed by atoms with Crippen LogP contribution < -0.4 is 10.1 Å². The third-order valence-electron chi connectivity index (χ3n) is 2.55. The molecule has 1 aliphatic rings. The topological polar surface area (TPSA) is 81.5 Å². The molecule has 0 radical (unpaired) electrons. The van der Waals surface area contributed by atoms with Crippen LogP contribution >= 0.6 is 0 Å². The number of nitro benzene ring substituents is 1. The van der Waals surface area contributed by atoms with Crippen molar-refractivity contribution in [2.45, 2.75) is 20.0 Å². The van der Waals surface area contributed by atoms with Gasteiger partial charge in [-0.3, -0.25) is 14.9 Å². The van der Waals surface area contributed by atoms with Crippen LogP contribution in [0.4, 0.5) is 11.4 Å². The Morgan fingerprint density at radius 1 is 1.47 bits per heavy atom. The summed E-state index contributed by atoms with van der Waals surface area (Å²) in [6.45, 7) is 3.75. The Morgan fingerprint density at radius 2 is 2.18 bits per heavy atom. The lowest BCUT2D eigenvalue weighted by atomic mass is 10.0. The number of carbonyl (C=O) groups excluding carboxylic acids is 1. The summed E-state index contributed by atoms with van der Waals surface area (Å²) in [5, 5.41) is 13.2. The van der Waals surface area contributed by atoms with Crippen LogP contribution in [0.15, 0.2) is 18.2 Å². The fourth-order valence-electron chi connectivity index (χ4n) is 1.66. The highest BCUT2D eigenvalue weighted by molar-refractivity contribution is 5.98. The normalized spacial score (nSPS) is 18.3. The number of benzene rings is 1. The third kappa shape index (κ3) is 2.06. The summed E-state index contributed by atoms with van der Waals surface area (Å²) in [5.74, 6) is 0.236. The number of non-ortho nitro benzene ring substituents is 1. The summed E-state index contributed by atoms with van der Waals surface area (Å²) >= 11 is 0. The van der Waals surface area contributed by atoms with Crippen molar-refractivity contribution >= 4 is 17.3 Å². The summed E-state index contributed by atoms with van der Waals surface area (Å²) in [5.41, 5.74) is 0.275. The van der Waals surface area contributed by atoms with Crippen LogP contribution in [0.1, 0.15) is 13.8 Å². The number of hydrogen-bond acceptors (Lipinski definition) is 4. The van der Waals surface area contributed by atoms with Crippen molar-refractivity contribution in [3.63, 3.8) is 0 Å². The molecule has 0 saturated heterocycles. The maximum Gasteiger partial charge on any atom is 0.271 e. The van der Waals surface area contributed by atoms with Crippen LogP contribution in [0.25, 0.3) is 0 Å². The quantitative estimate of drug-likeness (QED) is 0.628. The SMILES string of the molecule is CC(C)[C@@H]1Oc2ccc([N+](=O)[O-])cc2NC1=O. The Bertz CT molecular complexity index is 484. The largest absolute Gasteiger partial charge is 0.478 e. The van der Waals surface area contributed by atoms with E-state index in [4.69, 9.17) is 4.74 Å². The second kappa shape index (κ2) is 4.04. The van der Waals surface area contributed by atoms with E-state index in [1.165, 1.54) is 18.2 Å². The molecular weight excluding hydrogens is 224 g/mol. The van der Waals surface area contributed by atoms with E-state index in [2.05, 4.69) is 5.32 Å². The zero-order valence-corrected chi connectivity index (χ0v) is 9.47. The minimum atomic E-state index is -0.552. The zero-order chi connectivity index (χ0) is 12.6. The van der Waals surface area contributed by atoms with Gasteiger partial charge in [-0.05, 0) is 12.0 Å². The second-order valence-corrected chi connectivity index (χ2v) is 4.21. The lowest BCUT2D eigenvalue weighted by Gasteiger charge is -2.27. The number of ether oxygens (including phenoxy) is 1. The van der Waals surface area contributed by atoms with Gasteiger partial charge in [-0.1, -0.05) is 13.8 Å². The predicted octanol–water partition coefficient (Wildman–Crippen LogP) is 1.95. The first-order valence-corrected chi connectivity index (χ1v) is 5.25. The number of nitrogens with zero attached hydrogens (tertiary/aromatic N) is 1. The fourth-order valence-corrected chi connectivity index (χ4v) is 1.66. The lowest BCUT2D eigenvalue weighted by molar-refractivity contribution is -0.384. The van der Waals surface area contributed by atoms with Gasteiger partial charge in [0, 0.05) is 12.1 Å². The second-order valence-electron chi connectivity index (χ2n) is 4.21. The fraction of sp³-hybridized carbons (Fsp3) is 0.364. The summed E-state index contributed by atoms with van der Waals surface area (Å²) in [4.78, 5) is 21.8.